The number of fused-ring (bicyclic) bond motifs is 1. The van der Waals surface area contributed by atoms with E-state index in [1.807, 2.05) is 65.2 Å². The summed E-state index contributed by atoms with van der Waals surface area (Å²) in [7, 11) is 0. The number of aromatic nitrogens is 2. The third kappa shape index (κ3) is 3.60. The van der Waals surface area contributed by atoms with Crippen molar-refractivity contribution in [2.75, 3.05) is 13.1 Å². The van der Waals surface area contributed by atoms with Gasteiger partial charge in [0.2, 0.25) is 0 Å². The lowest BCUT2D eigenvalue weighted by Crippen LogP contribution is -2.33. The number of hydrogen-bond acceptors (Lipinski definition) is 3. The zero-order chi connectivity index (χ0) is 19.5. The number of hydrogen-bond donors (Lipinski definition) is 0. The summed E-state index contributed by atoms with van der Waals surface area (Å²) < 4.78 is 1.83. The third-order valence-electron chi connectivity index (χ3n) is 5.32. The van der Waals surface area contributed by atoms with Gasteiger partial charge < -0.3 is 4.90 Å². The number of benzene rings is 2. The number of amides is 1. The van der Waals surface area contributed by atoms with E-state index in [2.05, 4.69) is 11.2 Å². The van der Waals surface area contributed by atoms with Crippen LogP contribution in [0.4, 0.5) is 0 Å². The molecule has 0 aliphatic heterocycles. The number of likely N-dealkylation sites (N-methyl/N-ethyl adjacent to an activating group) is 1. The van der Waals surface area contributed by atoms with Gasteiger partial charge in [0.1, 0.15) is 0 Å². The molecule has 1 amide bonds. The summed E-state index contributed by atoms with van der Waals surface area (Å²) in [4.78, 5) is 26.5. The predicted molar refractivity (Wildman–Crippen MR) is 108 cm³/mol. The van der Waals surface area contributed by atoms with Crippen LogP contribution in [0.5, 0.6) is 0 Å². The van der Waals surface area contributed by atoms with E-state index in [0.29, 0.717) is 31.6 Å². The number of ketones is 1. The maximum absolute atomic E-state index is 12.8. The van der Waals surface area contributed by atoms with Gasteiger partial charge in [-0.15, -0.1) is 0 Å². The van der Waals surface area contributed by atoms with Crippen LogP contribution in [0.1, 0.15) is 39.6 Å². The minimum Gasteiger partial charge on any atom is -0.337 e. The van der Waals surface area contributed by atoms with Gasteiger partial charge in [-0.2, -0.15) is 5.10 Å². The van der Waals surface area contributed by atoms with E-state index in [-0.39, 0.29) is 11.7 Å². The van der Waals surface area contributed by atoms with Crippen molar-refractivity contribution in [2.24, 2.45) is 0 Å². The van der Waals surface area contributed by atoms with Crippen molar-refractivity contribution in [2.45, 2.75) is 26.3 Å². The van der Waals surface area contributed by atoms with Crippen molar-refractivity contribution in [1.29, 1.82) is 0 Å². The van der Waals surface area contributed by atoms with Crippen molar-refractivity contribution in [3.8, 4) is 11.1 Å². The number of rotatable bonds is 6. The molecule has 0 saturated heterocycles. The molecule has 28 heavy (non-hydrogen) atoms. The van der Waals surface area contributed by atoms with Crippen LogP contribution in [0.25, 0.3) is 11.1 Å². The quantitative estimate of drug-likeness (QED) is 0.660. The summed E-state index contributed by atoms with van der Waals surface area (Å²) >= 11 is 0. The largest absolute Gasteiger partial charge is 0.337 e. The summed E-state index contributed by atoms with van der Waals surface area (Å²) in [5.41, 5.74) is 4.80. The molecule has 5 nitrogen and oxygen atoms in total. The smallest absolute Gasteiger partial charge is 0.253 e. The van der Waals surface area contributed by atoms with E-state index in [1.54, 1.807) is 6.20 Å². The van der Waals surface area contributed by atoms with Crippen molar-refractivity contribution in [3.63, 3.8) is 0 Å². The molecule has 0 atom stereocenters. The molecular formula is C23H23N3O2. The van der Waals surface area contributed by atoms with Crippen LogP contribution in [0.3, 0.4) is 0 Å². The van der Waals surface area contributed by atoms with Crippen LogP contribution in [0.2, 0.25) is 0 Å². The molecule has 1 aromatic heterocycles. The van der Waals surface area contributed by atoms with Crippen molar-refractivity contribution >= 4 is 11.7 Å². The van der Waals surface area contributed by atoms with Crippen LogP contribution in [-0.4, -0.2) is 39.5 Å². The second-order valence-electron chi connectivity index (χ2n) is 7.03. The Morgan fingerprint density at radius 3 is 2.61 bits per heavy atom. The molecule has 0 fully saturated rings. The van der Waals surface area contributed by atoms with Gasteiger partial charge in [0, 0.05) is 43.0 Å². The molecule has 2 aromatic carbocycles. The van der Waals surface area contributed by atoms with Crippen LogP contribution in [0, 0.1) is 0 Å². The number of Topliss-reactive ketones (excluding diaryl/α,β-unsaturated/α-hetero) is 1. The van der Waals surface area contributed by atoms with Crippen LogP contribution < -0.4 is 0 Å². The van der Waals surface area contributed by atoms with Gasteiger partial charge in [0.05, 0.1) is 6.54 Å². The summed E-state index contributed by atoms with van der Waals surface area (Å²) in [5, 5.41) is 4.19. The van der Waals surface area contributed by atoms with Crippen LogP contribution >= 0.6 is 0 Å². The SMILES string of the molecule is CCN(CCn1cccn1)C(=O)c1ccc(-c2ccc3c(c2)CCC3=O)cc1. The maximum atomic E-state index is 12.8. The molecule has 1 heterocycles. The average Bonchev–Trinajstić information content (AvgIpc) is 3.38. The first-order valence-electron chi connectivity index (χ1n) is 9.69. The van der Waals surface area contributed by atoms with E-state index in [1.165, 1.54) is 0 Å². The topological polar surface area (TPSA) is 55.2 Å². The highest BCUT2D eigenvalue weighted by molar-refractivity contribution is 6.01. The fourth-order valence-electron chi connectivity index (χ4n) is 3.68. The minimum atomic E-state index is 0.0285. The lowest BCUT2D eigenvalue weighted by molar-refractivity contribution is 0.0757. The molecular weight excluding hydrogens is 350 g/mol. The Morgan fingerprint density at radius 1 is 1.11 bits per heavy atom. The highest BCUT2D eigenvalue weighted by atomic mass is 16.2. The fourth-order valence-corrected chi connectivity index (χ4v) is 3.68. The van der Waals surface area contributed by atoms with Gasteiger partial charge in [0.15, 0.2) is 5.78 Å². The van der Waals surface area contributed by atoms with Gasteiger partial charge in [-0.1, -0.05) is 30.3 Å². The molecule has 0 saturated carbocycles. The predicted octanol–water partition coefficient (Wildman–Crippen LogP) is 3.84. The normalized spacial score (nSPS) is 12.8. The van der Waals surface area contributed by atoms with Gasteiger partial charge in [-0.3, -0.25) is 14.3 Å². The Hall–Kier alpha value is -3.21. The molecule has 142 valence electrons. The van der Waals surface area contributed by atoms with E-state index in [0.717, 1.165) is 28.7 Å². The molecule has 4 rings (SSSR count). The number of carbonyl (C=O) groups excluding carboxylic acids is 2. The van der Waals surface area contributed by atoms with E-state index in [9.17, 15) is 9.59 Å². The van der Waals surface area contributed by atoms with Gasteiger partial charge >= 0.3 is 0 Å². The summed E-state index contributed by atoms with van der Waals surface area (Å²) in [6, 6.07) is 15.6. The lowest BCUT2D eigenvalue weighted by atomic mass is 9.99. The summed E-state index contributed by atoms with van der Waals surface area (Å²) in [6.45, 7) is 3.94. The Bertz CT molecular complexity index is 991. The van der Waals surface area contributed by atoms with E-state index < -0.39 is 0 Å². The van der Waals surface area contributed by atoms with Gasteiger partial charge in [-0.05, 0) is 48.2 Å². The molecule has 0 unspecified atom stereocenters. The maximum Gasteiger partial charge on any atom is 0.253 e. The Kier molecular flexibility index (Phi) is 5.06. The number of carbonyl (C=O) groups is 2. The molecule has 5 heteroatoms. The highest BCUT2D eigenvalue weighted by Crippen LogP contribution is 2.28. The van der Waals surface area contributed by atoms with Crippen molar-refractivity contribution in [1.82, 2.24) is 14.7 Å². The fraction of sp³-hybridized carbons (Fsp3) is 0.261. The Balaban J connectivity index is 1.47. The highest BCUT2D eigenvalue weighted by Gasteiger charge is 2.19. The van der Waals surface area contributed by atoms with Crippen LogP contribution in [0.15, 0.2) is 60.9 Å². The third-order valence-corrected chi connectivity index (χ3v) is 5.32. The Labute approximate surface area is 164 Å². The van der Waals surface area contributed by atoms with E-state index in [4.69, 9.17) is 0 Å². The van der Waals surface area contributed by atoms with Gasteiger partial charge in [-0.25, -0.2) is 0 Å². The molecule has 0 radical (unpaired) electrons. The summed E-state index contributed by atoms with van der Waals surface area (Å²) in [5.74, 6) is 0.262. The first-order valence-corrected chi connectivity index (χ1v) is 9.69. The van der Waals surface area contributed by atoms with E-state index >= 15 is 0 Å². The van der Waals surface area contributed by atoms with Crippen molar-refractivity contribution in [3.05, 3.63) is 77.6 Å². The number of nitrogens with zero attached hydrogens (tertiary/aromatic N) is 3. The average molecular weight is 373 g/mol. The standard InChI is InChI=1S/C23H23N3O2/c1-2-25(14-15-26-13-3-12-24-26)23(28)18-6-4-17(5-7-18)19-8-10-21-20(16-19)9-11-22(21)27/h3-8,10,12-13,16H,2,9,11,14-15H2,1H3. The molecule has 0 N–H and O–H groups in total. The summed E-state index contributed by atoms with van der Waals surface area (Å²) in [6.07, 6.45) is 5.07. The second-order valence-corrected chi connectivity index (χ2v) is 7.03. The van der Waals surface area contributed by atoms with Crippen molar-refractivity contribution < 1.29 is 9.59 Å². The Morgan fingerprint density at radius 2 is 1.89 bits per heavy atom. The lowest BCUT2D eigenvalue weighted by Gasteiger charge is -2.21. The molecule has 1 aliphatic carbocycles. The minimum absolute atomic E-state index is 0.0285. The van der Waals surface area contributed by atoms with Crippen LogP contribution in [-0.2, 0) is 13.0 Å². The first kappa shape index (κ1) is 18.2. The molecule has 0 spiro atoms. The number of aryl methyl sites for hydroxylation is 1. The molecule has 0 bridgehead atoms. The zero-order valence-electron chi connectivity index (χ0n) is 16.0. The van der Waals surface area contributed by atoms with Gasteiger partial charge in [0.25, 0.3) is 5.91 Å². The zero-order valence-corrected chi connectivity index (χ0v) is 16.0. The molecule has 3 aromatic rings. The molecule has 1 aliphatic rings. The first-order chi connectivity index (χ1) is 13.7. The second kappa shape index (κ2) is 7.80. The monoisotopic (exact) mass is 373 g/mol.